The molecule has 0 fully saturated rings. The Labute approximate surface area is 104 Å². The van der Waals surface area contributed by atoms with Gasteiger partial charge in [-0.15, -0.1) is 0 Å². The average Bonchev–Trinajstić information content (AvgIpc) is 3.05. The summed E-state index contributed by atoms with van der Waals surface area (Å²) in [5.74, 6) is 6.53. The second-order valence-electron chi connectivity index (χ2n) is 4.19. The van der Waals surface area contributed by atoms with Crippen molar-refractivity contribution < 1.29 is 8.83 Å². The number of rotatable bonds is 4. The zero-order valence-corrected chi connectivity index (χ0v) is 9.80. The molecule has 1 unspecified atom stereocenters. The molecule has 1 atom stereocenters. The smallest absolute Gasteiger partial charge is 0.134 e. The van der Waals surface area contributed by atoms with E-state index in [0.717, 1.165) is 22.3 Å². The molecule has 92 valence electrons. The lowest BCUT2D eigenvalue weighted by Gasteiger charge is -2.13. The van der Waals surface area contributed by atoms with Gasteiger partial charge >= 0.3 is 0 Å². The molecule has 0 saturated carbocycles. The van der Waals surface area contributed by atoms with Gasteiger partial charge in [-0.25, -0.2) is 0 Å². The Bertz CT molecular complexity index is 628. The van der Waals surface area contributed by atoms with Gasteiger partial charge < -0.3 is 8.83 Å². The van der Waals surface area contributed by atoms with Crippen LogP contribution in [0.15, 0.2) is 57.8 Å². The molecule has 0 aliphatic carbocycles. The van der Waals surface area contributed by atoms with Crippen LogP contribution in [0.5, 0.6) is 0 Å². The minimum atomic E-state index is -0.0280. The van der Waals surface area contributed by atoms with Gasteiger partial charge in [0, 0.05) is 17.4 Å². The van der Waals surface area contributed by atoms with Crippen LogP contribution in [-0.4, -0.2) is 0 Å². The highest BCUT2D eigenvalue weighted by Gasteiger charge is 2.17. The monoisotopic (exact) mass is 242 g/mol. The van der Waals surface area contributed by atoms with Crippen molar-refractivity contribution >= 4 is 11.0 Å². The highest BCUT2D eigenvalue weighted by atomic mass is 16.3. The quantitative estimate of drug-likeness (QED) is 0.545. The van der Waals surface area contributed by atoms with Gasteiger partial charge in [0.05, 0.1) is 18.6 Å². The summed E-state index contributed by atoms with van der Waals surface area (Å²) in [7, 11) is 0. The Hall–Kier alpha value is -2.04. The summed E-state index contributed by atoms with van der Waals surface area (Å²) in [6, 6.07) is 11.7. The lowest BCUT2D eigenvalue weighted by molar-refractivity contribution is 0.453. The van der Waals surface area contributed by atoms with Gasteiger partial charge in [-0.3, -0.25) is 11.3 Å². The van der Waals surface area contributed by atoms with Crippen LogP contribution in [0, 0.1) is 0 Å². The van der Waals surface area contributed by atoms with Crippen molar-refractivity contribution in [3.05, 3.63) is 60.2 Å². The van der Waals surface area contributed by atoms with Gasteiger partial charge in [0.1, 0.15) is 11.3 Å². The lowest BCUT2D eigenvalue weighted by Crippen LogP contribution is -2.29. The number of hydrogen-bond acceptors (Lipinski definition) is 4. The van der Waals surface area contributed by atoms with E-state index in [-0.39, 0.29) is 6.04 Å². The van der Waals surface area contributed by atoms with Crippen LogP contribution in [-0.2, 0) is 6.42 Å². The topological polar surface area (TPSA) is 64.3 Å². The van der Waals surface area contributed by atoms with E-state index in [4.69, 9.17) is 14.7 Å². The number of furan rings is 2. The molecule has 0 bridgehead atoms. The third kappa shape index (κ3) is 1.92. The summed E-state index contributed by atoms with van der Waals surface area (Å²) in [6.45, 7) is 0. The number of nitrogens with two attached hydrogens (primary N) is 1. The van der Waals surface area contributed by atoms with Gasteiger partial charge in [0.15, 0.2) is 0 Å². The second kappa shape index (κ2) is 4.68. The van der Waals surface area contributed by atoms with Crippen LogP contribution in [0.25, 0.3) is 11.0 Å². The van der Waals surface area contributed by atoms with Crippen LogP contribution in [0.2, 0.25) is 0 Å². The molecule has 0 amide bonds. The molecule has 4 heteroatoms. The first kappa shape index (κ1) is 11.1. The Kier molecular flexibility index (Phi) is 2.88. The fraction of sp³-hybridized carbons (Fsp3) is 0.143. The van der Waals surface area contributed by atoms with Crippen molar-refractivity contribution in [1.82, 2.24) is 5.43 Å². The first-order chi connectivity index (χ1) is 8.88. The molecule has 3 aromatic rings. The summed E-state index contributed by atoms with van der Waals surface area (Å²) in [5.41, 5.74) is 4.73. The molecule has 4 nitrogen and oxygen atoms in total. The summed E-state index contributed by atoms with van der Waals surface area (Å²) in [6.07, 6.45) is 4.10. The zero-order valence-electron chi connectivity index (χ0n) is 9.80. The minimum absolute atomic E-state index is 0.0280. The molecule has 0 radical (unpaired) electrons. The second-order valence-corrected chi connectivity index (χ2v) is 4.19. The van der Waals surface area contributed by atoms with Crippen molar-refractivity contribution in [1.29, 1.82) is 0 Å². The lowest BCUT2D eigenvalue weighted by atomic mass is 10.0. The molecule has 0 aliphatic heterocycles. The van der Waals surface area contributed by atoms with E-state index in [9.17, 15) is 0 Å². The Morgan fingerprint density at radius 2 is 2.00 bits per heavy atom. The predicted octanol–water partition coefficient (Wildman–Crippen LogP) is 2.77. The molecule has 2 aromatic heterocycles. The van der Waals surface area contributed by atoms with Crippen molar-refractivity contribution in [3.63, 3.8) is 0 Å². The normalized spacial score (nSPS) is 12.9. The van der Waals surface area contributed by atoms with Gasteiger partial charge in [-0.2, -0.15) is 0 Å². The SMILES string of the molecule is NNC(Cc1ccco1)c1coc2ccccc12. The number of benzene rings is 1. The number of para-hydroxylation sites is 1. The predicted molar refractivity (Wildman–Crippen MR) is 68.7 cm³/mol. The van der Waals surface area contributed by atoms with Crippen LogP contribution in [0.1, 0.15) is 17.4 Å². The Morgan fingerprint density at radius 3 is 2.78 bits per heavy atom. The van der Waals surface area contributed by atoms with Crippen LogP contribution in [0.3, 0.4) is 0 Å². The van der Waals surface area contributed by atoms with E-state index in [1.165, 1.54) is 0 Å². The number of hydrazine groups is 1. The molecular weight excluding hydrogens is 228 g/mol. The standard InChI is InChI=1S/C14H14N2O2/c15-16-13(8-10-4-3-7-17-10)12-9-18-14-6-2-1-5-11(12)14/h1-7,9,13,16H,8,15H2. The molecule has 0 aliphatic rings. The van der Waals surface area contributed by atoms with Gasteiger partial charge in [-0.05, 0) is 18.2 Å². The van der Waals surface area contributed by atoms with E-state index in [1.807, 2.05) is 36.4 Å². The van der Waals surface area contributed by atoms with Crippen LogP contribution >= 0.6 is 0 Å². The fourth-order valence-electron chi connectivity index (χ4n) is 2.16. The third-order valence-electron chi connectivity index (χ3n) is 3.07. The van der Waals surface area contributed by atoms with E-state index < -0.39 is 0 Å². The maximum Gasteiger partial charge on any atom is 0.134 e. The summed E-state index contributed by atoms with van der Waals surface area (Å²) in [4.78, 5) is 0. The molecule has 1 aromatic carbocycles. The molecule has 0 saturated heterocycles. The highest BCUT2D eigenvalue weighted by molar-refractivity contribution is 5.81. The Balaban J connectivity index is 1.96. The van der Waals surface area contributed by atoms with Gasteiger partial charge in [0.25, 0.3) is 0 Å². The largest absolute Gasteiger partial charge is 0.469 e. The Morgan fingerprint density at radius 1 is 1.11 bits per heavy atom. The van der Waals surface area contributed by atoms with Crippen molar-refractivity contribution in [2.75, 3.05) is 0 Å². The maximum absolute atomic E-state index is 5.64. The minimum Gasteiger partial charge on any atom is -0.469 e. The molecular formula is C14H14N2O2. The van der Waals surface area contributed by atoms with Crippen LogP contribution < -0.4 is 11.3 Å². The zero-order chi connectivity index (χ0) is 12.4. The molecule has 3 rings (SSSR count). The maximum atomic E-state index is 5.64. The van der Waals surface area contributed by atoms with Gasteiger partial charge in [0.2, 0.25) is 0 Å². The summed E-state index contributed by atoms with van der Waals surface area (Å²) < 4.78 is 10.9. The van der Waals surface area contributed by atoms with Gasteiger partial charge in [-0.1, -0.05) is 18.2 Å². The first-order valence-electron chi connectivity index (χ1n) is 5.83. The molecule has 0 spiro atoms. The number of fused-ring (bicyclic) bond motifs is 1. The average molecular weight is 242 g/mol. The van der Waals surface area contributed by atoms with E-state index in [0.29, 0.717) is 6.42 Å². The van der Waals surface area contributed by atoms with E-state index in [1.54, 1.807) is 12.5 Å². The molecule has 3 N–H and O–H groups in total. The molecule has 18 heavy (non-hydrogen) atoms. The fourth-order valence-corrected chi connectivity index (χ4v) is 2.16. The van der Waals surface area contributed by atoms with Crippen molar-refractivity contribution in [3.8, 4) is 0 Å². The highest BCUT2D eigenvalue weighted by Crippen LogP contribution is 2.28. The number of nitrogens with one attached hydrogen (secondary N) is 1. The first-order valence-corrected chi connectivity index (χ1v) is 5.83. The summed E-state index contributed by atoms with van der Waals surface area (Å²) in [5, 5.41) is 1.08. The van der Waals surface area contributed by atoms with Crippen LogP contribution in [0.4, 0.5) is 0 Å². The van der Waals surface area contributed by atoms with E-state index >= 15 is 0 Å². The summed E-state index contributed by atoms with van der Waals surface area (Å²) >= 11 is 0. The third-order valence-corrected chi connectivity index (χ3v) is 3.07. The van der Waals surface area contributed by atoms with Crippen molar-refractivity contribution in [2.24, 2.45) is 5.84 Å². The van der Waals surface area contributed by atoms with E-state index in [2.05, 4.69) is 5.43 Å². The van der Waals surface area contributed by atoms with Crippen molar-refractivity contribution in [2.45, 2.75) is 12.5 Å². The number of hydrogen-bond donors (Lipinski definition) is 2. The molecule has 2 heterocycles.